The van der Waals surface area contributed by atoms with Crippen LogP contribution in [0.3, 0.4) is 0 Å². The van der Waals surface area contributed by atoms with Crippen LogP contribution in [0.5, 0.6) is 0 Å². The summed E-state index contributed by atoms with van der Waals surface area (Å²) in [6.45, 7) is 10.1. The fourth-order valence-corrected chi connectivity index (χ4v) is 5.82. The van der Waals surface area contributed by atoms with Crippen LogP contribution < -0.4 is 0 Å². The van der Waals surface area contributed by atoms with Crippen molar-refractivity contribution in [2.24, 2.45) is 28.1 Å². The molecule has 0 aromatic rings. The van der Waals surface area contributed by atoms with Crippen LogP contribution in [0, 0.1) is 28.1 Å². The second-order valence-corrected chi connectivity index (χ2v) is 7.30. The van der Waals surface area contributed by atoms with Crippen LogP contribution in [0.1, 0.15) is 53.4 Å². The van der Waals surface area contributed by atoms with E-state index in [2.05, 4.69) is 39.8 Å². The van der Waals surface area contributed by atoms with Gasteiger partial charge in [0, 0.05) is 0 Å². The molecule has 0 bridgehead atoms. The predicted molar refractivity (Wildman–Crippen MR) is 64.6 cm³/mol. The molecule has 0 radical (unpaired) electrons. The van der Waals surface area contributed by atoms with Gasteiger partial charge >= 0.3 is 0 Å². The Bertz CT molecular complexity index is 325. The minimum Gasteiger partial charge on any atom is -0.0874 e. The largest absolute Gasteiger partial charge is 0.0874 e. The van der Waals surface area contributed by atoms with E-state index in [1.165, 1.54) is 25.7 Å². The Kier molecular flexibility index (Phi) is 1.67. The molecule has 0 unspecified atom stereocenters. The van der Waals surface area contributed by atoms with Gasteiger partial charge in [-0.2, -0.15) is 0 Å². The quantitative estimate of drug-likeness (QED) is 0.513. The maximum atomic E-state index is 2.62. The molecule has 15 heavy (non-hydrogen) atoms. The van der Waals surface area contributed by atoms with E-state index in [0.717, 1.165) is 11.8 Å². The van der Waals surface area contributed by atoms with Crippen LogP contribution in [0.25, 0.3) is 0 Å². The van der Waals surface area contributed by atoms with Gasteiger partial charge in [-0.05, 0) is 53.8 Å². The Hall–Kier alpha value is -0.260. The van der Waals surface area contributed by atoms with E-state index < -0.39 is 0 Å². The average molecular weight is 204 g/mol. The van der Waals surface area contributed by atoms with Gasteiger partial charge in [0.2, 0.25) is 0 Å². The third-order valence-electron chi connectivity index (χ3n) is 6.08. The van der Waals surface area contributed by atoms with Crippen LogP contribution in [0.4, 0.5) is 0 Å². The summed E-state index contributed by atoms with van der Waals surface area (Å²) in [5.41, 5.74) is 1.72. The van der Waals surface area contributed by atoms with E-state index in [0.29, 0.717) is 16.2 Å². The SMILES string of the molecule is C[C@H]1CC[C@@H]2C(C)(C)C[C@@]3(C)CC=C[C@]213. The van der Waals surface area contributed by atoms with Gasteiger partial charge in [-0.15, -0.1) is 0 Å². The molecule has 2 saturated carbocycles. The van der Waals surface area contributed by atoms with E-state index in [1.54, 1.807) is 0 Å². The first-order valence-corrected chi connectivity index (χ1v) is 6.60. The van der Waals surface area contributed by atoms with Gasteiger partial charge in [0.05, 0.1) is 0 Å². The molecule has 0 heterocycles. The van der Waals surface area contributed by atoms with Gasteiger partial charge in [0.25, 0.3) is 0 Å². The highest BCUT2D eigenvalue weighted by Gasteiger charge is 2.67. The zero-order valence-electron chi connectivity index (χ0n) is 10.6. The molecule has 0 heteroatoms. The van der Waals surface area contributed by atoms with Gasteiger partial charge in [0.1, 0.15) is 0 Å². The van der Waals surface area contributed by atoms with Crippen molar-refractivity contribution in [3.63, 3.8) is 0 Å². The summed E-state index contributed by atoms with van der Waals surface area (Å²) in [4.78, 5) is 0. The van der Waals surface area contributed by atoms with Crippen molar-refractivity contribution in [2.75, 3.05) is 0 Å². The van der Waals surface area contributed by atoms with Crippen molar-refractivity contribution < 1.29 is 0 Å². The van der Waals surface area contributed by atoms with Gasteiger partial charge in [-0.25, -0.2) is 0 Å². The summed E-state index contributed by atoms with van der Waals surface area (Å²) < 4.78 is 0. The Morgan fingerprint density at radius 2 is 1.87 bits per heavy atom. The lowest BCUT2D eigenvalue weighted by atomic mass is 9.62. The van der Waals surface area contributed by atoms with E-state index in [9.17, 15) is 0 Å². The number of rotatable bonds is 0. The first-order chi connectivity index (χ1) is 6.92. The Morgan fingerprint density at radius 3 is 2.60 bits per heavy atom. The highest BCUT2D eigenvalue weighted by atomic mass is 14.7. The third kappa shape index (κ3) is 0.905. The zero-order valence-corrected chi connectivity index (χ0v) is 10.6. The zero-order chi connectivity index (χ0) is 10.9. The molecule has 1 spiro atoms. The summed E-state index contributed by atoms with van der Waals surface area (Å²) >= 11 is 0. The Balaban J connectivity index is 2.16. The van der Waals surface area contributed by atoms with E-state index in [4.69, 9.17) is 0 Å². The molecule has 0 aliphatic heterocycles. The van der Waals surface area contributed by atoms with Crippen molar-refractivity contribution in [3.8, 4) is 0 Å². The molecule has 4 atom stereocenters. The minimum atomic E-state index is 0.566. The molecule has 0 N–H and O–H groups in total. The molecule has 3 aliphatic carbocycles. The van der Waals surface area contributed by atoms with Crippen LogP contribution in [0.2, 0.25) is 0 Å². The van der Waals surface area contributed by atoms with E-state index in [1.807, 2.05) is 0 Å². The Labute approximate surface area is 94.1 Å². The lowest BCUT2D eigenvalue weighted by Crippen LogP contribution is -2.36. The lowest BCUT2D eigenvalue weighted by molar-refractivity contribution is 0.0942. The second kappa shape index (κ2) is 2.52. The van der Waals surface area contributed by atoms with Crippen LogP contribution >= 0.6 is 0 Å². The highest BCUT2D eigenvalue weighted by molar-refractivity contribution is 5.28. The first-order valence-electron chi connectivity index (χ1n) is 6.60. The smallest absolute Gasteiger partial charge is 0.000243 e. The highest BCUT2D eigenvalue weighted by Crippen LogP contribution is 2.75. The molecular formula is C15H24. The molecule has 84 valence electrons. The molecule has 3 aliphatic rings. The second-order valence-electron chi connectivity index (χ2n) is 7.30. The van der Waals surface area contributed by atoms with Gasteiger partial charge in [-0.1, -0.05) is 39.8 Å². The molecular weight excluding hydrogens is 180 g/mol. The molecule has 3 rings (SSSR count). The maximum Gasteiger partial charge on any atom is -0.000243 e. The van der Waals surface area contributed by atoms with Crippen molar-refractivity contribution in [1.82, 2.24) is 0 Å². The summed E-state index contributed by atoms with van der Waals surface area (Å²) in [5.74, 6) is 1.86. The Morgan fingerprint density at radius 1 is 1.13 bits per heavy atom. The van der Waals surface area contributed by atoms with Crippen LogP contribution in [-0.2, 0) is 0 Å². The predicted octanol–water partition coefficient (Wildman–Crippen LogP) is 4.42. The number of allylic oxidation sites excluding steroid dienone is 2. The van der Waals surface area contributed by atoms with Crippen LogP contribution in [-0.4, -0.2) is 0 Å². The molecule has 2 fully saturated rings. The molecule has 0 aromatic heterocycles. The van der Waals surface area contributed by atoms with E-state index >= 15 is 0 Å². The fraction of sp³-hybridized carbons (Fsp3) is 0.867. The van der Waals surface area contributed by atoms with Crippen molar-refractivity contribution in [1.29, 1.82) is 0 Å². The summed E-state index contributed by atoms with van der Waals surface area (Å²) in [5, 5.41) is 0. The van der Waals surface area contributed by atoms with Gasteiger partial charge < -0.3 is 0 Å². The monoisotopic (exact) mass is 204 g/mol. The maximum absolute atomic E-state index is 2.62. The molecule has 0 saturated heterocycles. The fourth-order valence-electron chi connectivity index (χ4n) is 5.82. The van der Waals surface area contributed by atoms with Crippen molar-refractivity contribution in [2.45, 2.75) is 53.4 Å². The molecule has 0 aromatic carbocycles. The van der Waals surface area contributed by atoms with E-state index in [-0.39, 0.29) is 0 Å². The lowest BCUT2D eigenvalue weighted by Gasteiger charge is -2.41. The number of hydrogen-bond donors (Lipinski definition) is 0. The summed E-state index contributed by atoms with van der Waals surface area (Å²) in [6.07, 6.45) is 10.8. The van der Waals surface area contributed by atoms with Gasteiger partial charge in [0.15, 0.2) is 0 Å². The molecule has 0 nitrogen and oxygen atoms in total. The first kappa shape index (κ1) is 9.93. The van der Waals surface area contributed by atoms with Crippen molar-refractivity contribution >= 4 is 0 Å². The van der Waals surface area contributed by atoms with Crippen molar-refractivity contribution in [3.05, 3.63) is 12.2 Å². The minimum absolute atomic E-state index is 0.566. The summed E-state index contributed by atoms with van der Waals surface area (Å²) in [7, 11) is 0. The topological polar surface area (TPSA) is 0 Å². The summed E-state index contributed by atoms with van der Waals surface area (Å²) in [6, 6.07) is 0. The average Bonchev–Trinajstić information content (AvgIpc) is 2.62. The number of hydrogen-bond acceptors (Lipinski definition) is 0. The van der Waals surface area contributed by atoms with Gasteiger partial charge in [-0.3, -0.25) is 0 Å². The normalized spacial score (nSPS) is 55.7. The third-order valence-corrected chi connectivity index (χ3v) is 6.08. The standard InChI is InChI=1S/C15H24/c1-11-6-7-12-13(2,3)10-14(4)8-5-9-15(11,12)14/h5,9,11-12H,6-8,10H2,1-4H3/t11-,12+,14+,15+/m0/s1. The molecule has 0 amide bonds. The van der Waals surface area contributed by atoms with Crippen LogP contribution in [0.15, 0.2) is 12.2 Å².